The number of pyridine rings is 1. The zero-order valence-electron chi connectivity index (χ0n) is 7.90. The van der Waals surface area contributed by atoms with Crippen molar-refractivity contribution in [1.29, 1.82) is 0 Å². The topological polar surface area (TPSA) is 16.1 Å². The van der Waals surface area contributed by atoms with Crippen LogP contribution >= 0.6 is 11.8 Å². The summed E-state index contributed by atoms with van der Waals surface area (Å²) >= 11 is 1.81. The molecule has 1 aromatic rings. The van der Waals surface area contributed by atoms with Crippen molar-refractivity contribution < 1.29 is 0 Å². The van der Waals surface area contributed by atoms with Crippen LogP contribution in [0.2, 0.25) is 0 Å². The van der Waals surface area contributed by atoms with E-state index in [1.54, 1.807) is 12.4 Å². The van der Waals surface area contributed by atoms with Crippen LogP contribution in [0.15, 0.2) is 35.6 Å². The predicted molar refractivity (Wildman–Crippen MR) is 59.2 cm³/mol. The van der Waals surface area contributed by atoms with Crippen LogP contribution in [0.25, 0.3) is 0 Å². The van der Waals surface area contributed by atoms with Gasteiger partial charge in [-0.25, -0.2) is 0 Å². The second-order valence-corrected chi connectivity index (χ2v) is 4.15. The number of nitrogens with zero attached hydrogens (tertiary/aromatic N) is 2. The highest BCUT2D eigenvalue weighted by molar-refractivity contribution is 8.03. The van der Waals surface area contributed by atoms with E-state index in [0.29, 0.717) is 0 Å². The summed E-state index contributed by atoms with van der Waals surface area (Å²) in [6, 6.07) is 6.93. The molecule has 70 valence electrons. The van der Waals surface area contributed by atoms with Gasteiger partial charge in [-0.05, 0) is 25.0 Å². The first-order valence-electron chi connectivity index (χ1n) is 4.34. The van der Waals surface area contributed by atoms with Crippen LogP contribution in [-0.4, -0.2) is 15.8 Å². The molecule has 1 aliphatic heterocycles. The van der Waals surface area contributed by atoms with Crippen LogP contribution in [0, 0.1) is 12.0 Å². The summed E-state index contributed by atoms with van der Waals surface area (Å²) in [4.78, 5) is 7.31. The second kappa shape index (κ2) is 4.21. The summed E-state index contributed by atoms with van der Waals surface area (Å²) in [7, 11) is 0. The number of thioether (sulfide) groups is 1. The summed E-state index contributed by atoms with van der Waals surface area (Å²) in [5.74, 6) is 3.99. The Labute approximate surface area is 88.0 Å². The standard InChI is InChI=1S/C11H10N2S/c1-10-8-13(9-14-10)6-4-11-3-2-5-12-7-11/h2-3,5,7-8H,9H2,1H3. The molecule has 1 aromatic heterocycles. The molecule has 0 saturated carbocycles. The van der Waals surface area contributed by atoms with Gasteiger partial charge < -0.3 is 0 Å². The fourth-order valence-electron chi connectivity index (χ4n) is 1.10. The lowest BCUT2D eigenvalue weighted by atomic mass is 10.3. The SMILES string of the molecule is CC1=CN(C#Cc2cccnc2)CS1. The molecule has 0 aliphatic carbocycles. The number of aromatic nitrogens is 1. The molecule has 0 atom stereocenters. The van der Waals surface area contributed by atoms with Crippen molar-refractivity contribution >= 4 is 11.8 Å². The van der Waals surface area contributed by atoms with Gasteiger partial charge in [0, 0.05) is 35.1 Å². The predicted octanol–water partition coefficient (Wildman–Crippen LogP) is 2.26. The molecule has 0 bridgehead atoms. The van der Waals surface area contributed by atoms with Gasteiger partial charge in [-0.3, -0.25) is 9.88 Å². The van der Waals surface area contributed by atoms with Crippen LogP contribution in [0.3, 0.4) is 0 Å². The molecular weight excluding hydrogens is 192 g/mol. The van der Waals surface area contributed by atoms with Crippen LogP contribution < -0.4 is 0 Å². The molecule has 0 saturated heterocycles. The fourth-order valence-corrected chi connectivity index (χ4v) is 1.79. The van der Waals surface area contributed by atoms with Crippen LogP contribution in [0.1, 0.15) is 12.5 Å². The Bertz CT molecular complexity index is 400. The first kappa shape index (κ1) is 9.17. The number of allylic oxidation sites excluding steroid dienone is 1. The summed E-state index contributed by atoms with van der Waals surface area (Å²) in [5.41, 5.74) is 0.954. The monoisotopic (exact) mass is 202 g/mol. The third-order valence-electron chi connectivity index (χ3n) is 1.77. The van der Waals surface area contributed by atoms with E-state index in [-0.39, 0.29) is 0 Å². The molecule has 0 amide bonds. The van der Waals surface area contributed by atoms with Crippen LogP contribution in [0.5, 0.6) is 0 Å². The zero-order valence-corrected chi connectivity index (χ0v) is 8.71. The molecule has 0 aromatic carbocycles. The minimum absolute atomic E-state index is 0.930. The first-order valence-corrected chi connectivity index (χ1v) is 5.33. The molecule has 0 fully saturated rings. The molecule has 1 aliphatic rings. The minimum Gasteiger partial charge on any atom is -0.297 e. The third kappa shape index (κ3) is 2.30. The maximum Gasteiger partial charge on any atom is 0.0807 e. The summed E-state index contributed by atoms with van der Waals surface area (Å²) in [6.07, 6.45) is 5.59. The number of hydrogen-bond acceptors (Lipinski definition) is 3. The van der Waals surface area contributed by atoms with Gasteiger partial charge in [-0.15, -0.1) is 11.8 Å². The van der Waals surface area contributed by atoms with E-state index < -0.39 is 0 Å². The Morgan fingerprint density at radius 3 is 3.14 bits per heavy atom. The Kier molecular flexibility index (Phi) is 2.76. The summed E-state index contributed by atoms with van der Waals surface area (Å²) < 4.78 is 0. The van der Waals surface area contributed by atoms with E-state index in [0.717, 1.165) is 11.4 Å². The summed E-state index contributed by atoms with van der Waals surface area (Å²) in [6.45, 7) is 2.09. The maximum absolute atomic E-state index is 4.00. The van der Waals surface area contributed by atoms with Crippen molar-refractivity contribution in [3.63, 3.8) is 0 Å². The minimum atomic E-state index is 0.930. The molecular formula is C11H10N2S. The Morgan fingerprint density at radius 1 is 1.57 bits per heavy atom. The highest BCUT2D eigenvalue weighted by atomic mass is 32.2. The quantitative estimate of drug-likeness (QED) is 0.600. The van der Waals surface area contributed by atoms with Gasteiger partial charge in [0.05, 0.1) is 5.88 Å². The van der Waals surface area contributed by atoms with E-state index in [1.807, 2.05) is 28.8 Å². The molecule has 2 nitrogen and oxygen atoms in total. The zero-order chi connectivity index (χ0) is 9.80. The van der Waals surface area contributed by atoms with Gasteiger partial charge in [0.25, 0.3) is 0 Å². The fraction of sp³-hybridized carbons (Fsp3) is 0.182. The van der Waals surface area contributed by atoms with E-state index in [2.05, 4.69) is 30.1 Å². The van der Waals surface area contributed by atoms with E-state index in [1.165, 1.54) is 4.91 Å². The second-order valence-electron chi connectivity index (χ2n) is 2.96. The lowest BCUT2D eigenvalue weighted by Crippen LogP contribution is -2.03. The van der Waals surface area contributed by atoms with E-state index in [9.17, 15) is 0 Å². The van der Waals surface area contributed by atoms with Gasteiger partial charge in [-0.1, -0.05) is 0 Å². The summed E-state index contributed by atoms with van der Waals surface area (Å²) in [5, 5.41) is 0. The van der Waals surface area contributed by atoms with E-state index >= 15 is 0 Å². The average Bonchev–Trinajstić information content (AvgIpc) is 2.63. The maximum atomic E-state index is 4.00. The normalized spacial score (nSPS) is 14.6. The highest BCUT2D eigenvalue weighted by Crippen LogP contribution is 2.23. The third-order valence-corrected chi connectivity index (χ3v) is 2.74. The van der Waals surface area contributed by atoms with Crippen LogP contribution in [-0.2, 0) is 0 Å². The molecule has 14 heavy (non-hydrogen) atoms. The molecule has 0 spiro atoms. The van der Waals surface area contributed by atoms with Crippen molar-refractivity contribution in [2.75, 3.05) is 5.88 Å². The Balaban J connectivity index is 2.08. The van der Waals surface area contributed by atoms with Crippen molar-refractivity contribution in [2.24, 2.45) is 0 Å². The van der Waals surface area contributed by atoms with Gasteiger partial charge in [0.15, 0.2) is 0 Å². The number of hydrogen-bond donors (Lipinski definition) is 0. The Morgan fingerprint density at radius 2 is 2.50 bits per heavy atom. The molecule has 3 heteroatoms. The molecule has 2 rings (SSSR count). The average molecular weight is 202 g/mol. The smallest absolute Gasteiger partial charge is 0.0807 e. The van der Waals surface area contributed by atoms with Crippen molar-refractivity contribution in [3.8, 4) is 12.0 Å². The van der Waals surface area contributed by atoms with E-state index in [4.69, 9.17) is 0 Å². The van der Waals surface area contributed by atoms with Gasteiger partial charge in [0.2, 0.25) is 0 Å². The highest BCUT2D eigenvalue weighted by Gasteiger charge is 2.05. The molecule has 2 heterocycles. The molecule has 0 radical (unpaired) electrons. The molecule has 0 N–H and O–H groups in total. The van der Waals surface area contributed by atoms with Crippen LogP contribution in [0.4, 0.5) is 0 Å². The van der Waals surface area contributed by atoms with Gasteiger partial charge >= 0.3 is 0 Å². The largest absolute Gasteiger partial charge is 0.297 e. The van der Waals surface area contributed by atoms with Crippen molar-refractivity contribution in [1.82, 2.24) is 9.88 Å². The van der Waals surface area contributed by atoms with Crippen molar-refractivity contribution in [2.45, 2.75) is 6.92 Å². The lowest BCUT2D eigenvalue weighted by Gasteiger charge is -2.01. The Hall–Kier alpha value is -1.40. The first-order chi connectivity index (χ1) is 6.84. The number of rotatable bonds is 0. The van der Waals surface area contributed by atoms with Gasteiger partial charge in [-0.2, -0.15) is 0 Å². The lowest BCUT2D eigenvalue weighted by molar-refractivity contribution is 0.646. The van der Waals surface area contributed by atoms with Gasteiger partial charge in [0.1, 0.15) is 0 Å². The van der Waals surface area contributed by atoms with Crippen molar-refractivity contribution in [3.05, 3.63) is 41.2 Å². The molecule has 0 unspecified atom stereocenters.